The molecule has 0 aliphatic carbocycles. The van der Waals surface area contributed by atoms with Crippen LogP contribution in [0.15, 0.2) is 60.7 Å². The molecule has 36 heavy (non-hydrogen) atoms. The number of nitrogens with zero attached hydrogens (tertiary/aromatic N) is 2. The van der Waals surface area contributed by atoms with Gasteiger partial charge < -0.3 is 19.1 Å². The Hall–Kier alpha value is -3.22. The molecule has 2 aliphatic heterocycles. The van der Waals surface area contributed by atoms with Crippen LogP contribution >= 0.6 is 12.4 Å². The number of methoxy groups -OCH3 is 3. The number of carbonyl (C=O) groups is 1. The molecule has 0 aromatic heterocycles. The summed E-state index contributed by atoms with van der Waals surface area (Å²) >= 11 is 0. The fourth-order valence-electron chi connectivity index (χ4n) is 5.32. The van der Waals surface area contributed by atoms with E-state index in [2.05, 4.69) is 35.2 Å². The van der Waals surface area contributed by atoms with Crippen molar-refractivity contribution in [1.29, 1.82) is 0 Å². The van der Waals surface area contributed by atoms with Crippen LogP contribution in [0.2, 0.25) is 0 Å². The fraction of sp³-hybridized carbons (Fsp3) is 0.345. The van der Waals surface area contributed by atoms with Crippen molar-refractivity contribution in [2.75, 3.05) is 27.9 Å². The maximum Gasteiger partial charge on any atom is 0.240 e. The van der Waals surface area contributed by atoms with Crippen molar-refractivity contribution in [1.82, 2.24) is 9.80 Å². The van der Waals surface area contributed by atoms with Crippen LogP contribution in [-0.4, -0.2) is 49.6 Å². The van der Waals surface area contributed by atoms with Gasteiger partial charge in [0.25, 0.3) is 0 Å². The first kappa shape index (κ1) is 25.9. The quantitative estimate of drug-likeness (QED) is 0.485. The van der Waals surface area contributed by atoms with E-state index in [4.69, 9.17) is 14.2 Å². The number of halogens is 1. The zero-order valence-electron chi connectivity index (χ0n) is 21.0. The Labute approximate surface area is 219 Å². The first-order valence-corrected chi connectivity index (χ1v) is 12.1. The molecule has 190 valence electrons. The van der Waals surface area contributed by atoms with Gasteiger partial charge in [-0.3, -0.25) is 9.69 Å². The Kier molecular flexibility index (Phi) is 8.07. The second-order valence-electron chi connectivity index (χ2n) is 9.19. The van der Waals surface area contributed by atoms with Gasteiger partial charge in [0.05, 0.1) is 27.4 Å². The lowest BCUT2D eigenvalue weighted by molar-refractivity contribution is -0.139. The highest BCUT2D eigenvalue weighted by Crippen LogP contribution is 2.34. The number of fused-ring (bicyclic) bond motifs is 2. The summed E-state index contributed by atoms with van der Waals surface area (Å²) in [6, 6.07) is 20.3. The highest BCUT2D eigenvalue weighted by Gasteiger charge is 2.35. The van der Waals surface area contributed by atoms with Gasteiger partial charge in [0.2, 0.25) is 5.91 Å². The predicted octanol–water partition coefficient (Wildman–Crippen LogP) is 4.65. The van der Waals surface area contributed by atoms with Crippen LogP contribution in [0.25, 0.3) is 0 Å². The number of ether oxygens (including phenoxy) is 3. The number of benzene rings is 3. The second kappa shape index (κ2) is 11.2. The van der Waals surface area contributed by atoms with E-state index < -0.39 is 0 Å². The molecule has 0 bridgehead atoms. The van der Waals surface area contributed by atoms with Gasteiger partial charge in [-0.25, -0.2) is 0 Å². The molecule has 1 amide bonds. The Morgan fingerprint density at radius 2 is 1.44 bits per heavy atom. The van der Waals surface area contributed by atoms with Crippen LogP contribution in [-0.2, 0) is 37.3 Å². The van der Waals surface area contributed by atoms with Gasteiger partial charge >= 0.3 is 0 Å². The van der Waals surface area contributed by atoms with Gasteiger partial charge in [0, 0.05) is 31.7 Å². The normalized spacial score (nSPS) is 16.9. The molecular weight excluding hydrogens is 476 g/mol. The lowest BCUT2D eigenvalue weighted by atomic mass is 9.91. The van der Waals surface area contributed by atoms with E-state index >= 15 is 0 Å². The van der Waals surface area contributed by atoms with Crippen LogP contribution < -0.4 is 14.2 Å². The van der Waals surface area contributed by atoms with Crippen LogP contribution in [0.5, 0.6) is 17.2 Å². The molecular formula is C29H33ClN2O4. The zero-order valence-corrected chi connectivity index (χ0v) is 21.8. The molecule has 6 nitrogen and oxygen atoms in total. The Balaban J connectivity index is 0.00000304. The van der Waals surface area contributed by atoms with Crippen molar-refractivity contribution in [2.24, 2.45) is 0 Å². The molecule has 0 N–H and O–H groups in total. The maximum atomic E-state index is 14.0. The molecule has 1 atom stereocenters. The number of rotatable bonds is 6. The summed E-state index contributed by atoms with van der Waals surface area (Å²) in [5, 5.41) is 0. The summed E-state index contributed by atoms with van der Waals surface area (Å²) in [5.74, 6) is 2.46. The third kappa shape index (κ3) is 5.01. The minimum absolute atomic E-state index is 0. The Morgan fingerprint density at radius 3 is 2.17 bits per heavy atom. The van der Waals surface area contributed by atoms with E-state index in [0.717, 1.165) is 35.6 Å². The molecule has 2 heterocycles. The Bertz CT molecular complexity index is 1230. The zero-order chi connectivity index (χ0) is 24.4. The highest BCUT2D eigenvalue weighted by molar-refractivity contribution is 5.85. The number of hydrogen-bond acceptors (Lipinski definition) is 5. The predicted molar refractivity (Wildman–Crippen MR) is 142 cm³/mol. The number of hydrogen-bond donors (Lipinski definition) is 0. The summed E-state index contributed by atoms with van der Waals surface area (Å²) < 4.78 is 16.6. The van der Waals surface area contributed by atoms with Crippen LogP contribution in [0.1, 0.15) is 27.8 Å². The molecule has 0 saturated heterocycles. The van der Waals surface area contributed by atoms with E-state index in [9.17, 15) is 4.79 Å². The van der Waals surface area contributed by atoms with Gasteiger partial charge in [0.1, 0.15) is 5.75 Å². The molecule has 0 fully saturated rings. The first-order valence-electron chi connectivity index (χ1n) is 12.1. The molecule has 3 aromatic carbocycles. The minimum atomic E-state index is -0.225. The molecule has 0 saturated carbocycles. The number of para-hydroxylation sites is 1. The number of carbonyl (C=O) groups excluding carboxylic acids is 1. The largest absolute Gasteiger partial charge is 0.496 e. The van der Waals surface area contributed by atoms with Crippen molar-refractivity contribution in [3.05, 3.63) is 88.5 Å². The molecule has 7 heteroatoms. The molecule has 5 rings (SSSR count). The van der Waals surface area contributed by atoms with Gasteiger partial charge in [-0.1, -0.05) is 42.5 Å². The van der Waals surface area contributed by atoms with E-state index in [1.165, 1.54) is 16.7 Å². The average molecular weight is 509 g/mol. The van der Waals surface area contributed by atoms with Crippen molar-refractivity contribution in [3.63, 3.8) is 0 Å². The highest BCUT2D eigenvalue weighted by atomic mass is 35.5. The van der Waals surface area contributed by atoms with Crippen LogP contribution in [0, 0.1) is 0 Å². The average Bonchev–Trinajstić information content (AvgIpc) is 2.91. The van der Waals surface area contributed by atoms with Crippen LogP contribution in [0.4, 0.5) is 0 Å². The van der Waals surface area contributed by atoms with E-state index in [1.54, 1.807) is 21.3 Å². The van der Waals surface area contributed by atoms with E-state index in [1.807, 2.05) is 35.2 Å². The minimum Gasteiger partial charge on any atom is -0.496 e. The van der Waals surface area contributed by atoms with Gasteiger partial charge in [0.15, 0.2) is 11.5 Å². The standard InChI is InChI=1S/C29H32N2O4.ClH/c1-33-26-11-7-6-10-23(26)18-31-17-22-9-5-4-8-20(22)14-25(31)29(32)30-13-12-21-15-27(34-2)28(35-3)16-24(21)19-30;/h4-11,15-16,25H,12-14,17-19H2,1-3H3;1H. The fourth-order valence-corrected chi connectivity index (χ4v) is 5.32. The molecule has 2 aliphatic rings. The van der Waals surface area contributed by atoms with E-state index in [0.29, 0.717) is 31.8 Å². The van der Waals surface area contributed by atoms with Gasteiger partial charge in [-0.2, -0.15) is 0 Å². The lowest BCUT2D eigenvalue weighted by Gasteiger charge is -2.40. The third-order valence-corrected chi connectivity index (χ3v) is 7.23. The van der Waals surface area contributed by atoms with Crippen molar-refractivity contribution in [3.8, 4) is 17.2 Å². The molecule has 1 unspecified atom stereocenters. The van der Waals surface area contributed by atoms with E-state index in [-0.39, 0.29) is 24.4 Å². The molecule has 0 radical (unpaired) electrons. The topological polar surface area (TPSA) is 51.2 Å². The monoisotopic (exact) mass is 508 g/mol. The third-order valence-electron chi connectivity index (χ3n) is 7.23. The summed E-state index contributed by atoms with van der Waals surface area (Å²) in [6.07, 6.45) is 1.51. The summed E-state index contributed by atoms with van der Waals surface area (Å²) in [5.41, 5.74) is 5.97. The SMILES string of the molecule is COc1ccccc1CN1Cc2ccccc2CC1C(=O)N1CCc2cc(OC)c(OC)cc2C1.Cl. The first-order chi connectivity index (χ1) is 17.1. The van der Waals surface area contributed by atoms with Gasteiger partial charge in [-0.05, 0) is 53.3 Å². The number of amides is 1. The van der Waals surface area contributed by atoms with Crippen molar-refractivity contribution in [2.45, 2.75) is 38.5 Å². The summed E-state index contributed by atoms with van der Waals surface area (Å²) in [4.78, 5) is 18.3. The molecule has 0 spiro atoms. The van der Waals surface area contributed by atoms with Gasteiger partial charge in [-0.15, -0.1) is 12.4 Å². The van der Waals surface area contributed by atoms with Crippen LogP contribution in [0.3, 0.4) is 0 Å². The Morgan fingerprint density at radius 1 is 0.806 bits per heavy atom. The van der Waals surface area contributed by atoms with Crippen molar-refractivity contribution < 1.29 is 19.0 Å². The summed E-state index contributed by atoms with van der Waals surface area (Å²) in [6.45, 7) is 2.67. The maximum absolute atomic E-state index is 14.0. The second-order valence-corrected chi connectivity index (χ2v) is 9.19. The molecule has 3 aromatic rings. The lowest BCUT2D eigenvalue weighted by Crippen LogP contribution is -2.52. The van der Waals surface area contributed by atoms with Crippen molar-refractivity contribution >= 4 is 18.3 Å². The smallest absolute Gasteiger partial charge is 0.240 e. The summed E-state index contributed by atoms with van der Waals surface area (Å²) in [7, 11) is 4.99.